The van der Waals surface area contributed by atoms with E-state index in [2.05, 4.69) is 31.2 Å². The van der Waals surface area contributed by atoms with Crippen molar-refractivity contribution in [1.82, 2.24) is 15.0 Å². The number of β-amino-alcohol motifs (C(OH)–C–C–N with tert-alkyl or cyclic N) is 1. The van der Waals surface area contributed by atoms with Gasteiger partial charge in [-0.3, -0.25) is 0 Å². The molecular weight excluding hydrogens is 340 g/mol. The Labute approximate surface area is 157 Å². The second-order valence-corrected chi connectivity index (χ2v) is 6.85. The number of hydrogen-bond donors (Lipinski definition) is 2. The number of nitrogens with one attached hydrogen (secondary N) is 1. The Kier molecular flexibility index (Phi) is 4.18. The van der Waals surface area contributed by atoms with Crippen LogP contribution in [-0.4, -0.2) is 38.7 Å². The molecule has 27 heavy (non-hydrogen) atoms. The molecule has 0 saturated carbocycles. The summed E-state index contributed by atoms with van der Waals surface area (Å²) in [5, 5.41) is 22.1. The van der Waals surface area contributed by atoms with Crippen LogP contribution in [0.5, 0.6) is 0 Å². The molecule has 2 heterocycles. The topological polar surface area (TPSA) is 98.0 Å². The van der Waals surface area contributed by atoms with Gasteiger partial charge in [-0.1, -0.05) is 12.1 Å². The van der Waals surface area contributed by atoms with Crippen molar-refractivity contribution in [3.8, 4) is 17.5 Å². The van der Waals surface area contributed by atoms with Crippen LogP contribution in [0.15, 0.2) is 54.9 Å². The summed E-state index contributed by atoms with van der Waals surface area (Å²) < 4.78 is 0. The lowest BCUT2D eigenvalue weighted by atomic mass is 9.96. The predicted octanol–water partition coefficient (Wildman–Crippen LogP) is 2.72. The van der Waals surface area contributed by atoms with E-state index in [1.54, 1.807) is 18.2 Å². The summed E-state index contributed by atoms with van der Waals surface area (Å²) in [4.78, 5) is 14.9. The molecule has 134 valence electrons. The van der Waals surface area contributed by atoms with Crippen LogP contribution in [0.25, 0.3) is 11.4 Å². The molecule has 1 saturated heterocycles. The molecule has 3 aromatic rings. The van der Waals surface area contributed by atoms with Crippen molar-refractivity contribution in [2.24, 2.45) is 0 Å². The van der Waals surface area contributed by atoms with Gasteiger partial charge in [0.05, 0.1) is 17.2 Å². The summed E-state index contributed by atoms with van der Waals surface area (Å²) in [7, 11) is 0. The van der Waals surface area contributed by atoms with E-state index in [0.717, 1.165) is 16.9 Å². The van der Waals surface area contributed by atoms with Crippen molar-refractivity contribution in [1.29, 1.82) is 5.26 Å². The average molecular weight is 358 g/mol. The molecule has 1 fully saturated rings. The molecule has 7 nitrogen and oxygen atoms in total. The van der Waals surface area contributed by atoms with Crippen molar-refractivity contribution in [3.63, 3.8) is 0 Å². The Hall–Kier alpha value is -3.50. The molecule has 0 spiro atoms. The SMILES string of the molecule is CC1(O)CN(c2ccc(Nc3ncnc(-c4cccc(C#N)c4)n3)cc2)C1. The van der Waals surface area contributed by atoms with Crippen LogP contribution in [0.2, 0.25) is 0 Å². The Bertz CT molecular complexity index is 1000. The number of nitriles is 1. The largest absolute Gasteiger partial charge is 0.386 e. The average Bonchev–Trinajstić information content (AvgIpc) is 2.67. The maximum atomic E-state index is 9.85. The van der Waals surface area contributed by atoms with Gasteiger partial charge < -0.3 is 15.3 Å². The van der Waals surface area contributed by atoms with Gasteiger partial charge in [-0.15, -0.1) is 0 Å². The zero-order valence-corrected chi connectivity index (χ0v) is 14.8. The summed E-state index contributed by atoms with van der Waals surface area (Å²) in [5.74, 6) is 0.936. The lowest BCUT2D eigenvalue weighted by Gasteiger charge is -2.45. The highest BCUT2D eigenvalue weighted by Gasteiger charge is 2.36. The summed E-state index contributed by atoms with van der Waals surface area (Å²) >= 11 is 0. The van der Waals surface area contributed by atoms with Gasteiger partial charge in [-0.25, -0.2) is 9.97 Å². The van der Waals surface area contributed by atoms with Crippen molar-refractivity contribution < 1.29 is 5.11 Å². The molecule has 0 bridgehead atoms. The second kappa shape index (κ2) is 6.67. The third-order valence-electron chi connectivity index (χ3n) is 4.37. The van der Waals surface area contributed by atoms with E-state index >= 15 is 0 Å². The van der Waals surface area contributed by atoms with Gasteiger partial charge in [0.2, 0.25) is 5.95 Å². The zero-order valence-electron chi connectivity index (χ0n) is 14.8. The van der Waals surface area contributed by atoms with E-state index in [0.29, 0.717) is 30.4 Å². The number of rotatable bonds is 4. The zero-order chi connectivity index (χ0) is 18.9. The van der Waals surface area contributed by atoms with E-state index in [1.807, 2.05) is 37.3 Å². The van der Waals surface area contributed by atoms with Crippen LogP contribution in [0.1, 0.15) is 12.5 Å². The molecule has 1 aliphatic rings. The first kappa shape index (κ1) is 16.9. The van der Waals surface area contributed by atoms with E-state index in [4.69, 9.17) is 5.26 Å². The number of aromatic nitrogens is 3. The van der Waals surface area contributed by atoms with Gasteiger partial charge in [0, 0.05) is 30.0 Å². The molecule has 2 aromatic carbocycles. The smallest absolute Gasteiger partial charge is 0.230 e. The van der Waals surface area contributed by atoms with Crippen molar-refractivity contribution in [2.75, 3.05) is 23.3 Å². The number of benzene rings is 2. The third kappa shape index (κ3) is 3.71. The lowest BCUT2D eigenvalue weighted by molar-refractivity contribution is 0.0310. The fraction of sp³-hybridized carbons (Fsp3) is 0.200. The molecule has 1 aliphatic heterocycles. The summed E-state index contributed by atoms with van der Waals surface area (Å²) in [6, 6.07) is 17.1. The van der Waals surface area contributed by atoms with Crippen LogP contribution in [0, 0.1) is 11.3 Å². The van der Waals surface area contributed by atoms with Gasteiger partial charge in [0.1, 0.15) is 6.33 Å². The highest BCUT2D eigenvalue weighted by Crippen LogP contribution is 2.28. The molecule has 0 unspecified atom stereocenters. The fourth-order valence-corrected chi connectivity index (χ4v) is 3.07. The fourth-order valence-electron chi connectivity index (χ4n) is 3.07. The van der Waals surface area contributed by atoms with Crippen LogP contribution >= 0.6 is 0 Å². The van der Waals surface area contributed by atoms with Crippen molar-refractivity contribution in [2.45, 2.75) is 12.5 Å². The monoisotopic (exact) mass is 358 g/mol. The van der Waals surface area contributed by atoms with E-state index in [1.165, 1.54) is 6.33 Å². The quantitative estimate of drug-likeness (QED) is 0.740. The molecule has 4 rings (SSSR count). The Morgan fingerprint density at radius 1 is 1.15 bits per heavy atom. The molecular formula is C20H18N6O. The lowest BCUT2D eigenvalue weighted by Crippen LogP contribution is -2.60. The molecule has 0 radical (unpaired) electrons. The molecule has 1 aromatic heterocycles. The Morgan fingerprint density at radius 3 is 2.63 bits per heavy atom. The van der Waals surface area contributed by atoms with Gasteiger partial charge in [-0.05, 0) is 43.3 Å². The molecule has 0 atom stereocenters. The standard InChI is InChI=1S/C20H18N6O/c1-20(27)11-26(12-20)17-7-5-16(6-8-17)24-19-23-13-22-18(25-19)15-4-2-3-14(9-15)10-21/h2-9,13,27H,11-12H2,1H3,(H,22,23,24,25). The third-order valence-corrected chi connectivity index (χ3v) is 4.37. The summed E-state index contributed by atoms with van der Waals surface area (Å²) in [5.41, 5.74) is 2.65. The molecule has 7 heteroatoms. The van der Waals surface area contributed by atoms with Gasteiger partial charge in [-0.2, -0.15) is 10.2 Å². The normalized spacial score (nSPS) is 14.9. The van der Waals surface area contributed by atoms with E-state index in [9.17, 15) is 5.11 Å². The minimum absolute atomic E-state index is 0.432. The predicted molar refractivity (Wildman–Crippen MR) is 103 cm³/mol. The Balaban J connectivity index is 1.49. The molecule has 0 aliphatic carbocycles. The highest BCUT2D eigenvalue weighted by atomic mass is 16.3. The van der Waals surface area contributed by atoms with Crippen LogP contribution in [-0.2, 0) is 0 Å². The van der Waals surface area contributed by atoms with Gasteiger partial charge in [0.15, 0.2) is 5.82 Å². The minimum atomic E-state index is -0.596. The maximum absolute atomic E-state index is 9.85. The molecule has 0 amide bonds. The van der Waals surface area contributed by atoms with Gasteiger partial charge in [0.25, 0.3) is 0 Å². The first-order valence-corrected chi connectivity index (χ1v) is 8.56. The minimum Gasteiger partial charge on any atom is -0.386 e. The van der Waals surface area contributed by atoms with Crippen LogP contribution < -0.4 is 10.2 Å². The van der Waals surface area contributed by atoms with Crippen molar-refractivity contribution in [3.05, 3.63) is 60.4 Å². The second-order valence-electron chi connectivity index (χ2n) is 6.85. The number of aliphatic hydroxyl groups is 1. The van der Waals surface area contributed by atoms with E-state index in [-0.39, 0.29) is 0 Å². The first-order chi connectivity index (χ1) is 13.0. The number of hydrogen-bond acceptors (Lipinski definition) is 7. The highest BCUT2D eigenvalue weighted by molar-refractivity contribution is 5.62. The van der Waals surface area contributed by atoms with Crippen LogP contribution in [0.3, 0.4) is 0 Å². The van der Waals surface area contributed by atoms with E-state index < -0.39 is 5.60 Å². The number of nitrogens with zero attached hydrogens (tertiary/aromatic N) is 5. The van der Waals surface area contributed by atoms with Crippen LogP contribution in [0.4, 0.5) is 17.3 Å². The Morgan fingerprint density at radius 2 is 1.93 bits per heavy atom. The summed E-state index contributed by atoms with van der Waals surface area (Å²) in [6.07, 6.45) is 1.44. The van der Waals surface area contributed by atoms with Crippen molar-refractivity contribution >= 4 is 17.3 Å². The summed E-state index contributed by atoms with van der Waals surface area (Å²) in [6.45, 7) is 3.11. The number of anilines is 3. The maximum Gasteiger partial charge on any atom is 0.230 e. The van der Waals surface area contributed by atoms with Gasteiger partial charge >= 0.3 is 0 Å². The molecule has 2 N–H and O–H groups in total. The first-order valence-electron chi connectivity index (χ1n) is 8.56.